The number of nitrogens with one attached hydrogen (secondary N) is 1. The molecule has 0 aliphatic carbocycles. The minimum atomic E-state index is 0.0271. The van der Waals surface area contributed by atoms with Crippen molar-refractivity contribution in [2.45, 2.75) is 25.8 Å². The Kier molecular flexibility index (Phi) is 2.13. The lowest BCUT2D eigenvalue weighted by molar-refractivity contribution is -0.121. The number of amides is 1. The van der Waals surface area contributed by atoms with Crippen LogP contribution in [0, 0.1) is 6.92 Å². The van der Waals surface area contributed by atoms with Crippen LogP contribution >= 0.6 is 0 Å². The van der Waals surface area contributed by atoms with E-state index in [1.54, 1.807) is 0 Å². The topological polar surface area (TPSA) is 32.3 Å². The van der Waals surface area contributed by atoms with E-state index in [-0.39, 0.29) is 11.9 Å². The van der Waals surface area contributed by atoms with Gasteiger partial charge >= 0.3 is 0 Å². The molecule has 3 heteroatoms. The zero-order valence-corrected chi connectivity index (χ0v) is 9.49. The molecular formula is C13H16N2O. The van der Waals surface area contributed by atoms with Gasteiger partial charge in [-0.2, -0.15) is 0 Å². The number of rotatable bonds is 0. The summed E-state index contributed by atoms with van der Waals surface area (Å²) in [5.41, 5.74) is 3.85. The van der Waals surface area contributed by atoms with Crippen molar-refractivity contribution in [1.29, 1.82) is 0 Å². The number of aryl methyl sites for hydroxylation is 1. The monoisotopic (exact) mass is 216 g/mol. The third kappa shape index (κ3) is 1.39. The van der Waals surface area contributed by atoms with Crippen molar-refractivity contribution in [3.8, 4) is 0 Å². The lowest BCUT2D eigenvalue weighted by Crippen LogP contribution is -2.42. The van der Waals surface area contributed by atoms with E-state index in [1.165, 1.54) is 16.8 Å². The van der Waals surface area contributed by atoms with Crippen molar-refractivity contribution in [2.75, 3.05) is 18.0 Å². The van der Waals surface area contributed by atoms with Crippen LogP contribution in [0.4, 0.5) is 5.69 Å². The van der Waals surface area contributed by atoms with Gasteiger partial charge in [-0.3, -0.25) is 4.79 Å². The molecule has 2 aliphatic rings. The normalized spacial score (nSPS) is 23.4. The highest BCUT2D eigenvalue weighted by Gasteiger charge is 2.35. The predicted octanol–water partition coefficient (Wildman–Crippen LogP) is 1.25. The number of hydrogen-bond donors (Lipinski definition) is 1. The van der Waals surface area contributed by atoms with Gasteiger partial charge in [-0.15, -0.1) is 0 Å². The molecule has 0 bridgehead atoms. The Morgan fingerprint density at radius 2 is 2.31 bits per heavy atom. The van der Waals surface area contributed by atoms with Gasteiger partial charge in [-0.1, -0.05) is 17.7 Å². The molecule has 0 spiro atoms. The van der Waals surface area contributed by atoms with Gasteiger partial charge in [0.15, 0.2) is 0 Å². The third-order valence-electron chi connectivity index (χ3n) is 3.51. The summed E-state index contributed by atoms with van der Waals surface area (Å²) in [6.45, 7) is 3.90. The molecule has 2 aliphatic heterocycles. The van der Waals surface area contributed by atoms with Crippen LogP contribution in [0.15, 0.2) is 18.2 Å². The Hall–Kier alpha value is -1.51. The van der Waals surface area contributed by atoms with Crippen LogP contribution in [0.2, 0.25) is 0 Å². The van der Waals surface area contributed by atoms with Gasteiger partial charge in [-0.05, 0) is 25.0 Å². The van der Waals surface area contributed by atoms with Crippen LogP contribution in [0.1, 0.15) is 17.5 Å². The predicted molar refractivity (Wildman–Crippen MR) is 63.6 cm³/mol. The largest absolute Gasteiger partial charge is 0.359 e. The highest BCUT2D eigenvalue weighted by molar-refractivity contribution is 5.88. The summed E-state index contributed by atoms with van der Waals surface area (Å²) in [7, 11) is 0. The first-order valence-corrected chi connectivity index (χ1v) is 5.89. The van der Waals surface area contributed by atoms with Crippen molar-refractivity contribution in [2.24, 2.45) is 0 Å². The van der Waals surface area contributed by atoms with Crippen molar-refractivity contribution in [1.82, 2.24) is 5.32 Å². The summed E-state index contributed by atoms with van der Waals surface area (Å²) in [5, 5.41) is 2.98. The minimum Gasteiger partial charge on any atom is -0.359 e. The van der Waals surface area contributed by atoms with E-state index in [1.807, 2.05) is 0 Å². The molecule has 1 saturated heterocycles. The first kappa shape index (κ1) is 9.70. The summed E-state index contributed by atoms with van der Waals surface area (Å²) >= 11 is 0. The lowest BCUT2D eigenvalue weighted by Gasteiger charge is -2.23. The average Bonchev–Trinajstić information content (AvgIpc) is 2.52. The molecule has 1 atom stereocenters. The molecular weight excluding hydrogens is 200 g/mol. The molecule has 1 aromatic carbocycles. The molecule has 0 aromatic heterocycles. The highest BCUT2D eigenvalue weighted by Crippen LogP contribution is 2.33. The van der Waals surface area contributed by atoms with Crippen LogP contribution < -0.4 is 10.2 Å². The number of nitrogens with zero attached hydrogens (tertiary/aromatic N) is 1. The fourth-order valence-electron chi connectivity index (χ4n) is 2.73. The zero-order chi connectivity index (χ0) is 11.1. The Balaban J connectivity index is 2.01. The standard InChI is InChI=1S/C13H16N2O/c1-9-3-4-11-10(7-9)8-12-13(16)14-5-2-6-15(11)12/h3-4,7,12H,2,5-6,8H2,1H3,(H,14,16). The summed E-state index contributed by atoms with van der Waals surface area (Å²) in [6, 6.07) is 6.52. The van der Waals surface area contributed by atoms with Gasteiger partial charge in [0, 0.05) is 25.2 Å². The van der Waals surface area contributed by atoms with Crippen molar-refractivity contribution >= 4 is 11.6 Å². The number of hydrogen-bond acceptors (Lipinski definition) is 2. The molecule has 1 fully saturated rings. The van der Waals surface area contributed by atoms with Crippen molar-refractivity contribution in [3.63, 3.8) is 0 Å². The van der Waals surface area contributed by atoms with Crippen LogP contribution in [-0.4, -0.2) is 25.0 Å². The second-order valence-corrected chi connectivity index (χ2v) is 4.69. The quantitative estimate of drug-likeness (QED) is 0.708. The molecule has 84 valence electrons. The summed E-state index contributed by atoms with van der Waals surface area (Å²) < 4.78 is 0. The van der Waals surface area contributed by atoms with Crippen molar-refractivity contribution in [3.05, 3.63) is 29.3 Å². The Morgan fingerprint density at radius 3 is 3.19 bits per heavy atom. The molecule has 3 nitrogen and oxygen atoms in total. The number of anilines is 1. The fourth-order valence-corrected chi connectivity index (χ4v) is 2.73. The third-order valence-corrected chi connectivity index (χ3v) is 3.51. The first-order chi connectivity index (χ1) is 7.75. The van der Waals surface area contributed by atoms with E-state index < -0.39 is 0 Å². The lowest BCUT2D eigenvalue weighted by atomic mass is 10.1. The highest BCUT2D eigenvalue weighted by atomic mass is 16.2. The molecule has 0 saturated carbocycles. The molecule has 1 aromatic rings. The van der Waals surface area contributed by atoms with Crippen LogP contribution in [-0.2, 0) is 11.2 Å². The van der Waals surface area contributed by atoms with E-state index in [2.05, 4.69) is 35.3 Å². The molecule has 16 heavy (non-hydrogen) atoms. The average molecular weight is 216 g/mol. The zero-order valence-electron chi connectivity index (χ0n) is 9.49. The summed E-state index contributed by atoms with van der Waals surface area (Å²) in [4.78, 5) is 14.2. The smallest absolute Gasteiger partial charge is 0.243 e. The maximum Gasteiger partial charge on any atom is 0.243 e. The number of carbonyl (C=O) groups is 1. The van der Waals surface area contributed by atoms with Gasteiger partial charge in [0.25, 0.3) is 0 Å². The Bertz CT molecular complexity index is 442. The molecule has 3 rings (SSSR count). The second-order valence-electron chi connectivity index (χ2n) is 4.69. The van der Waals surface area contributed by atoms with Gasteiger partial charge < -0.3 is 10.2 Å². The SMILES string of the molecule is Cc1ccc2c(c1)CC1C(=O)NCCCN21. The Labute approximate surface area is 95.4 Å². The second kappa shape index (κ2) is 3.51. The van der Waals surface area contributed by atoms with Gasteiger partial charge in [0.1, 0.15) is 6.04 Å². The maximum absolute atomic E-state index is 11.9. The molecule has 2 heterocycles. The molecule has 0 radical (unpaired) electrons. The molecule has 1 amide bonds. The van der Waals surface area contributed by atoms with Gasteiger partial charge in [0.05, 0.1) is 0 Å². The summed E-state index contributed by atoms with van der Waals surface area (Å²) in [6.07, 6.45) is 1.90. The van der Waals surface area contributed by atoms with E-state index in [0.29, 0.717) is 0 Å². The van der Waals surface area contributed by atoms with E-state index in [0.717, 1.165) is 25.9 Å². The van der Waals surface area contributed by atoms with E-state index >= 15 is 0 Å². The van der Waals surface area contributed by atoms with E-state index in [4.69, 9.17) is 0 Å². The minimum absolute atomic E-state index is 0.0271. The van der Waals surface area contributed by atoms with E-state index in [9.17, 15) is 4.79 Å². The van der Waals surface area contributed by atoms with Crippen molar-refractivity contribution < 1.29 is 4.79 Å². The van der Waals surface area contributed by atoms with Gasteiger partial charge in [-0.25, -0.2) is 0 Å². The van der Waals surface area contributed by atoms with Gasteiger partial charge in [0.2, 0.25) is 5.91 Å². The molecule has 1 N–H and O–H groups in total. The maximum atomic E-state index is 11.9. The number of carbonyl (C=O) groups excluding carboxylic acids is 1. The number of benzene rings is 1. The van der Waals surface area contributed by atoms with Crippen LogP contribution in [0.5, 0.6) is 0 Å². The van der Waals surface area contributed by atoms with Crippen LogP contribution in [0.3, 0.4) is 0 Å². The Morgan fingerprint density at radius 1 is 1.44 bits per heavy atom. The molecule has 1 unspecified atom stereocenters. The number of fused-ring (bicyclic) bond motifs is 3. The summed E-state index contributed by atoms with van der Waals surface area (Å²) in [5.74, 6) is 0.186. The fraction of sp³-hybridized carbons (Fsp3) is 0.462. The first-order valence-electron chi connectivity index (χ1n) is 5.89. The van der Waals surface area contributed by atoms with Crippen LogP contribution in [0.25, 0.3) is 0 Å².